The van der Waals surface area contributed by atoms with Gasteiger partial charge in [0.05, 0.1) is 0 Å². The van der Waals surface area contributed by atoms with Crippen molar-refractivity contribution in [3.8, 4) is 0 Å². The molecule has 12 heavy (non-hydrogen) atoms. The van der Waals surface area contributed by atoms with Crippen LogP contribution in [0.1, 0.15) is 26.7 Å². The maximum absolute atomic E-state index is 3.66. The van der Waals surface area contributed by atoms with Crippen LogP contribution in [-0.4, -0.2) is 33.6 Å². The second-order valence-corrected chi connectivity index (χ2v) is 8.10. The maximum atomic E-state index is 3.66. The van der Waals surface area contributed by atoms with Crippen molar-refractivity contribution < 1.29 is 0 Å². The van der Waals surface area contributed by atoms with E-state index in [1.807, 2.05) is 0 Å². The summed E-state index contributed by atoms with van der Waals surface area (Å²) in [7, 11) is 3.13. The Kier molecular flexibility index (Phi) is 5.79. The van der Waals surface area contributed by atoms with Crippen molar-refractivity contribution in [3.63, 3.8) is 0 Å². The fourth-order valence-electron chi connectivity index (χ4n) is 1.37. The summed E-state index contributed by atoms with van der Waals surface area (Å²) < 4.78 is 2.41. The summed E-state index contributed by atoms with van der Waals surface area (Å²) in [6, 6.07) is 1.37. The van der Waals surface area contributed by atoms with Crippen LogP contribution in [0.3, 0.4) is 0 Å². The minimum absolute atomic E-state index is 1.10. The van der Waals surface area contributed by atoms with Crippen molar-refractivity contribution in [3.05, 3.63) is 0 Å². The first-order valence-corrected chi connectivity index (χ1v) is 7.64. The lowest BCUT2D eigenvalue weighted by molar-refractivity contribution is 0.578. The van der Waals surface area contributed by atoms with E-state index in [1.165, 1.54) is 18.9 Å². The summed E-state index contributed by atoms with van der Waals surface area (Å²) in [5.41, 5.74) is 0. The quantitative estimate of drug-likeness (QED) is 0.642. The Hall–Kier alpha value is 0.137. The lowest BCUT2D eigenvalue weighted by Crippen LogP contribution is -2.58. The predicted molar refractivity (Wildman–Crippen MR) is 58.7 cm³/mol. The molecule has 0 heterocycles. The van der Waals surface area contributed by atoms with E-state index in [0.717, 1.165) is 6.54 Å². The first-order chi connectivity index (χ1) is 5.56. The van der Waals surface area contributed by atoms with Crippen LogP contribution in [0.15, 0.2) is 0 Å². The molecule has 0 aliphatic carbocycles. The lowest BCUT2D eigenvalue weighted by Gasteiger charge is -2.34. The zero-order valence-electron chi connectivity index (χ0n) is 9.28. The summed E-state index contributed by atoms with van der Waals surface area (Å²) in [6.45, 7) is 7.97. The van der Waals surface area contributed by atoms with Crippen LogP contribution in [0.25, 0.3) is 0 Å². The minimum atomic E-state index is -1.26. The number of rotatable bonds is 6. The smallest absolute Gasteiger partial charge is 0.200 e. The van der Waals surface area contributed by atoms with E-state index in [1.54, 1.807) is 0 Å². The van der Waals surface area contributed by atoms with Gasteiger partial charge in [0.2, 0.25) is 0 Å². The largest absolute Gasteiger partial charge is 0.326 e. The van der Waals surface area contributed by atoms with Crippen molar-refractivity contribution in [2.75, 3.05) is 20.6 Å². The molecule has 0 aliphatic rings. The van der Waals surface area contributed by atoms with Gasteiger partial charge in [-0.05, 0) is 33.2 Å². The molecule has 0 amide bonds. The third kappa shape index (κ3) is 3.69. The van der Waals surface area contributed by atoms with E-state index in [2.05, 4.69) is 44.0 Å². The van der Waals surface area contributed by atoms with Gasteiger partial charge >= 0.3 is 0 Å². The number of unbranched alkanes of at least 4 members (excludes halogenated alkanes) is 1. The molecule has 0 aromatic heterocycles. The molecule has 3 heteroatoms. The molecule has 1 atom stereocenters. The predicted octanol–water partition coefficient (Wildman–Crippen LogP) is 2.03. The van der Waals surface area contributed by atoms with Gasteiger partial charge in [0.15, 0.2) is 8.40 Å². The summed E-state index contributed by atoms with van der Waals surface area (Å²) in [5, 5.41) is 0. The Balaban J connectivity index is 3.99. The SMILES string of the molecule is CCCC[Si](C)(NCC)N(C)C. The average Bonchev–Trinajstić information content (AvgIpc) is 2.01. The molecule has 0 bridgehead atoms. The van der Waals surface area contributed by atoms with Gasteiger partial charge in [-0.25, -0.2) is 0 Å². The maximum Gasteiger partial charge on any atom is 0.200 e. The van der Waals surface area contributed by atoms with Crippen LogP contribution >= 0.6 is 0 Å². The van der Waals surface area contributed by atoms with Crippen molar-refractivity contribution >= 4 is 8.40 Å². The highest BCUT2D eigenvalue weighted by Gasteiger charge is 2.28. The molecular formula is C9H24N2Si. The van der Waals surface area contributed by atoms with Crippen molar-refractivity contribution in [2.24, 2.45) is 0 Å². The molecule has 0 rings (SSSR count). The molecule has 0 radical (unpaired) electrons. The van der Waals surface area contributed by atoms with Gasteiger partial charge in [-0.1, -0.05) is 26.7 Å². The normalized spacial score (nSPS) is 16.5. The van der Waals surface area contributed by atoms with Gasteiger partial charge in [0.25, 0.3) is 0 Å². The van der Waals surface area contributed by atoms with Crippen molar-refractivity contribution in [2.45, 2.75) is 39.3 Å². The topological polar surface area (TPSA) is 15.3 Å². The first kappa shape index (κ1) is 12.1. The third-order valence-electron chi connectivity index (χ3n) is 2.56. The highest BCUT2D eigenvalue weighted by Crippen LogP contribution is 2.12. The van der Waals surface area contributed by atoms with E-state index in [0.29, 0.717) is 0 Å². The molecule has 0 aromatic carbocycles. The van der Waals surface area contributed by atoms with Gasteiger partial charge < -0.3 is 9.55 Å². The fraction of sp³-hybridized carbons (Fsp3) is 1.00. The van der Waals surface area contributed by atoms with Crippen LogP contribution in [0.4, 0.5) is 0 Å². The van der Waals surface area contributed by atoms with Gasteiger partial charge in [0, 0.05) is 0 Å². The van der Waals surface area contributed by atoms with Crippen LogP contribution in [0, 0.1) is 0 Å². The van der Waals surface area contributed by atoms with Crippen molar-refractivity contribution in [1.82, 2.24) is 9.55 Å². The Morgan fingerprint density at radius 2 is 1.83 bits per heavy atom. The molecule has 0 fully saturated rings. The van der Waals surface area contributed by atoms with Gasteiger partial charge in [-0.2, -0.15) is 0 Å². The van der Waals surface area contributed by atoms with Crippen LogP contribution in [0.2, 0.25) is 12.6 Å². The first-order valence-electron chi connectivity index (χ1n) is 4.99. The van der Waals surface area contributed by atoms with E-state index in [9.17, 15) is 0 Å². The molecule has 0 spiro atoms. The fourth-order valence-corrected chi connectivity index (χ4v) is 4.12. The molecule has 0 aromatic rings. The lowest BCUT2D eigenvalue weighted by atomic mass is 10.4. The Bertz CT molecular complexity index is 117. The number of hydrogen-bond donors (Lipinski definition) is 1. The van der Waals surface area contributed by atoms with Gasteiger partial charge in [-0.3, -0.25) is 0 Å². The van der Waals surface area contributed by atoms with Crippen LogP contribution in [0.5, 0.6) is 0 Å². The Morgan fingerprint density at radius 1 is 1.25 bits per heavy atom. The second-order valence-electron chi connectivity index (χ2n) is 3.80. The molecule has 0 aliphatic heterocycles. The molecule has 74 valence electrons. The molecule has 2 nitrogen and oxygen atoms in total. The van der Waals surface area contributed by atoms with Gasteiger partial charge in [0.1, 0.15) is 0 Å². The van der Waals surface area contributed by atoms with E-state index >= 15 is 0 Å². The standard InChI is InChI=1S/C9H24N2Si/c1-6-8-9-12(5,10-7-2)11(3)4/h10H,6-9H2,1-5H3. The molecule has 0 saturated carbocycles. The van der Waals surface area contributed by atoms with E-state index in [-0.39, 0.29) is 0 Å². The molecule has 0 saturated heterocycles. The summed E-state index contributed by atoms with van der Waals surface area (Å²) in [4.78, 5) is 3.66. The van der Waals surface area contributed by atoms with Crippen molar-refractivity contribution in [1.29, 1.82) is 0 Å². The van der Waals surface area contributed by atoms with Crippen LogP contribution in [-0.2, 0) is 0 Å². The number of hydrogen-bond acceptors (Lipinski definition) is 2. The monoisotopic (exact) mass is 188 g/mol. The summed E-state index contributed by atoms with van der Waals surface area (Å²) >= 11 is 0. The highest BCUT2D eigenvalue weighted by atomic mass is 28.3. The molecule has 1 N–H and O–H groups in total. The van der Waals surface area contributed by atoms with Gasteiger partial charge in [-0.15, -0.1) is 0 Å². The summed E-state index contributed by atoms with van der Waals surface area (Å²) in [5.74, 6) is 0. The Morgan fingerprint density at radius 3 is 2.17 bits per heavy atom. The number of nitrogens with zero attached hydrogens (tertiary/aromatic N) is 1. The van der Waals surface area contributed by atoms with Crippen LogP contribution < -0.4 is 4.98 Å². The third-order valence-corrected chi connectivity index (χ3v) is 6.98. The van der Waals surface area contributed by atoms with E-state index < -0.39 is 8.40 Å². The average molecular weight is 188 g/mol. The summed E-state index contributed by atoms with van der Waals surface area (Å²) in [6.07, 6.45) is 2.66. The zero-order valence-corrected chi connectivity index (χ0v) is 10.3. The zero-order chi connectivity index (χ0) is 9.61. The number of nitrogens with one attached hydrogen (secondary N) is 1. The second kappa shape index (κ2) is 5.73. The Labute approximate surface area is 78.5 Å². The minimum Gasteiger partial charge on any atom is -0.326 e. The molecular weight excluding hydrogens is 164 g/mol. The molecule has 1 unspecified atom stereocenters. The highest BCUT2D eigenvalue weighted by molar-refractivity contribution is 6.73. The van der Waals surface area contributed by atoms with E-state index in [4.69, 9.17) is 0 Å².